The van der Waals surface area contributed by atoms with Gasteiger partial charge in [-0.2, -0.15) is 0 Å². The molecule has 2 heterocycles. The summed E-state index contributed by atoms with van der Waals surface area (Å²) < 4.78 is 8.80. The van der Waals surface area contributed by atoms with E-state index in [9.17, 15) is 4.79 Å². The van der Waals surface area contributed by atoms with Gasteiger partial charge in [0.15, 0.2) is 10.9 Å². The number of nitrogens with one attached hydrogen (secondary N) is 1. The van der Waals surface area contributed by atoms with Crippen LogP contribution in [0.4, 0.5) is 5.69 Å². The van der Waals surface area contributed by atoms with Gasteiger partial charge in [0, 0.05) is 27.1 Å². The minimum Gasteiger partial charge on any atom is -0.453 e. The molecule has 0 aliphatic rings. The Kier molecular flexibility index (Phi) is 6.74. The van der Waals surface area contributed by atoms with Crippen molar-refractivity contribution in [2.45, 2.75) is 25.5 Å². The number of amides is 1. The number of fused-ring (bicyclic) bond motifs is 1. The van der Waals surface area contributed by atoms with Crippen molar-refractivity contribution in [3.8, 4) is 11.6 Å². The molecule has 4 rings (SSSR count). The van der Waals surface area contributed by atoms with Crippen LogP contribution in [-0.2, 0) is 11.3 Å². The highest BCUT2D eigenvalue weighted by Crippen LogP contribution is 2.31. The maximum absolute atomic E-state index is 12.6. The molecular weight excluding hydrogens is 512 g/mol. The van der Waals surface area contributed by atoms with Crippen LogP contribution in [0.1, 0.15) is 11.1 Å². The van der Waals surface area contributed by atoms with E-state index in [1.54, 1.807) is 12.1 Å². The minimum atomic E-state index is -0.114. The summed E-state index contributed by atoms with van der Waals surface area (Å²) in [5.74, 6) is 1.23. The number of carbonyl (C=O) groups excluding carboxylic acids is 1. The van der Waals surface area contributed by atoms with E-state index in [2.05, 4.69) is 38.0 Å². The first-order chi connectivity index (χ1) is 15.4. The second-order valence-electron chi connectivity index (χ2n) is 7.25. The Labute approximate surface area is 203 Å². The van der Waals surface area contributed by atoms with Crippen LogP contribution in [0, 0.1) is 13.8 Å². The number of aromatic nitrogens is 3. The summed E-state index contributed by atoms with van der Waals surface area (Å²) in [7, 11) is 0. The van der Waals surface area contributed by atoms with E-state index in [1.165, 1.54) is 11.8 Å². The molecule has 0 aliphatic carbocycles. The van der Waals surface area contributed by atoms with Gasteiger partial charge in [0.25, 0.3) is 0 Å². The smallest absolute Gasteiger partial charge is 0.234 e. The van der Waals surface area contributed by atoms with E-state index in [4.69, 9.17) is 16.0 Å². The lowest BCUT2D eigenvalue weighted by Crippen LogP contribution is -2.16. The number of thioether (sulfide) groups is 1. The molecule has 2 aromatic carbocycles. The topological polar surface area (TPSA) is 73.0 Å². The van der Waals surface area contributed by atoms with Crippen LogP contribution < -0.4 is 5.32 Å². The zero-order chi connectivity index (χ0) is 22.8. The number of furan rings is 1. The van der Waals surface area contributed by atoms with Gasteiger partial charge in [0.05, 0.1) is 5.75 Å². The third-order valence-corrected chi connectivity index (χ3v) is 6.48. The normalized spacial score (nSPS) is 11.1. The molecule has 0 spiro atoms. The summed E-state index contributed by atoms with van der Waals surface area (Å²) in [5.41, 5.74) is 3.54. The predicted octanol–water partition coefficient (Wildman–Crippen LogP) is 6.64. The molecule has 6 nitrogen and oxygen atoms in total. The van der Waals surface area contributed by atoms with Gasteiger partial charge < -0.3 is 9.73 Å². The summed E-state index contributed by atoms with van der Waals surface area (Å²) in [6.07, 6.45) is 1.76. The van der Waals surface area contributed by atoms with Gasteiger partial charge >= 0.3 is 0 Å². The summed E-state index contributed by atoms with van der Waals surface area (Å²) in [4.78, 5) is 12.6. The summed E-state index contributed by atoms with van der Waals surface area (Å²) in [6.45, 7) is 8.24. The second kappa shape index (κ2) is 9.52. The maximum Gasteiger partial charge on any atom is 0.234 e. The van der Waals surface area contributed by atoms with Crippen LogP contribution in [0.15, 0.2) is 63.1 Å². The number of allylic oxidation sites excluding steroid dienone is 1. The van der Waals surface area contributed by atoms with Crippen LogP contribution in [0.5, 0.6) is 0 Å². The van der Waals surface area contributed by atoms with Crippen LogP contribution in [0.3, 0.4) is 0 Å². The Morgan fingerprint density at radius 2 is 2.00 bits per heavy atom. The van der Waals surface area contributed by atoms with Gasteiger partial charge in [-0.25, -0.2) is 0 Å². The summed E-state index contributed by atoms with van der Waals surface area (Å²) in [5, 5.41) is 13.7. The molecule has 32 heavy (non-hydrogen) atoms. The standard InChI is InChI=1S/C23H20BrClN4O2S/c1-4-7-29-22(19-11-15-10-17(25)5-6-18(15)31-19)27-28-23(29)32-12-20(30)26-21-13(2)8-16(24)9-14(21)3/h4-6,8-11H,1,7,12H2,2-3H3,(H,26,30). The Morgan fingerprint density at radius 3 is 2.72 bits per heavy atom. The fraction of sp³-hybridized carbons (Fsp3) is 0.174. The average Bonchev–Trinajstić information content (AvgIpc) is 3.32. The molecule has 2 aromatic heterocycles. The number of hydrogen-bond donors (Lipinski definition) is 1. The van der Waals surface area contributed by atoms with Gasteiger partial charge in [0.1, 0.15) is 5.58 Å². The third kappa shape index (κ3) is 4.77. The number of anilines is 1. The van der Waals surface area contributed by atoms with Crippen LogP contribution in [0.25, 0.3) is 22.6 Å². The molecule has 1 N–H and O–H groups in total. The van der Waals surface area contributed by atoms with Crippen molar-refractivity contribution in [2.24, 2.45) is 0 Å². The first kappa shape index (κ1) is 22.6. The molecule has 4 aromatic rings. The summed E-state index contributed by atoms with van der Waals surface area (Å²) >= 11 is 10.9. The Balaban J connectivity index is 1.53. The van der Waals surface area contributed by atoms with Crippen molar-refractivity contribution < 1.29 is 9.21 Å². The highest BCUT2D eigenvalue weighted by atomic mass is 79.9. The minimum absolute atomic E-state index is 0.114. The Bertz CT molecular complexity index is 1310. The van der Waals surface area contributed by atoms with Crippen molar-refractivity contribution in [3.05, 3.63) is 69.7 Å². The first-order valence-corrected chi connectivity index (χ1v) is 11.9. The quantitative estimate of drug-likeness (QED) is 0.214. The fourth-order valence-corrected chi connectivity index (χ4v) is 5.02. The van der Waals surface area contributed by atoms with Gasteiger partial charge in [-0.1, -0.05) is 45.4 Å². The number of rotatable bonds is 7. The molecule has 0 fully saturated rings. The van der Waals surface area contributed by atoms with Crippen molar-refractivity contribution in [1.29, 1.82) is 0 Å². The van der Waals surface area contributed by atoms with Gasteiger partial charge in [-0.05, 0) is 61.4 Å². The number of carbonyl (C=O) groups is 1. The fourth-order valence-electron chi connectivity index (χ4n) is 3.41. The van der Waals surface area contributed by atoms with Crippen molar-refractivity contribution in [2.75, 3.05) is 11.1 Å². The zero-order valence-corrected chi connectivity index (χ0v) is 20.6. The second-order valence-corrected chi connectivity index (χ2v) is 9.54. The van der Waals surface area contributed by atoms with E-state index < -0.39 is 0 Å². The van der Waals surface area contributed by atoms with E-state index in [0.29, 0.717) is 33.9 Å². The number of nitrogens with zero attached hydrogens (tertiary/aromatic N) is 3. The van der Waals surface area contributed by atoms with Gasteiger partial charge in [-0.3, -0.25) is 9.36 Å². The average molecular weight is 532 g/mol. The van der Waals surface area contributed by atoms with Crippen molar-refractivity contribution in [1.82, 2.24) is 14.8 Å². The summed E-state index contributed by atoms with van der Waals surface area (Å²) in [6, 6.07) is 11.3. The first-order valence-electron chi connectivity index (χ1n) is 9.78. The number of halogens is 2. The number of aryl methyl sites for hydroxylation is 2. The molecule has 0 radical (unpaired) electrons. The third-order valence-electron chi connectivity index (χ3n) is 4.82. The lowest BCUT2D eigenvalue weighted by molar-refractivity contribution is -0.113. The molecule has 0 unspecified atom stereocenters. The van der Waals surface area contributed by atoms with E-state index in [-0.39, 0.29) is 11.7 Å². The molecule has 0 saturated heterocycles. The van der Waals surface area contributed by atoms with Gasteiger partial charge in [0.2, 0.25) is 11.7 Å². The van der Waals surface area contributed by atoms with Crippen molar-refractivity contribution in [3.63, 3.8) is 0 Å². The molecule has 164 valence electrons. The number of hydrogen-bond acceptors (Lipinski definition) is 5. The highest BCUT2D eigenvalue weighted by molar-refractivity contribution is 9.10. The highest BCUT2D eigenvalue weighted by Gasteiger charge is 2.19. The Morgan fingerprint density at radius 1 is 1.25 bits per heavy atom. The number of benzene rings is 2. The van der Waals surface area contributed by atoms with Crippen LogP contribution in [-0.4, -0.2) is 26.4 Å². The molecule has 1 amide bonds. The molecule has 0 atom stereocenters. The Hall–Kier alpha value is -2.55. The largest absolute Gasteiger partial charge is 0.453 e. The zero-order valence-electron chi connectivity index (χ0n) is 17.5. The van der Waals surface area contributed by atoms with Crippen LogP contribution >= 0.6 is 39.3 Å². The molecule has 9 heteroatoms. The maximum atomic E-state index is 12.6. The predicted molar refractivity (Wildman–Crippen MR) is 133 cm³/mol. The molecule has 0 bridgehead atoms. The molecular formula is C23H20BrClN4O2S. The monoisotopic (exact) mass is 530 g/mol. The molecule has 0 saturated carbocycles. The van der Waals surface area contributed by atoms with Crippen LogP contribution in [0.2, 0.25) is 5.02 Å². The van der Waals surface area contributed by atoms with E-state index >= 15 is 0 Å². The lowest BCUT2D eigenvalue weighted by Gasteiger charge is -2.12. The SMILES string of the molecule is C=CCn1c(SCC(=O)Nc2c(C)cc(Br)cc2C)nnc1-c1cc2cc(Cl)ccc2o1. The molecule has 0 aliphatic heterocycles. The van der Waals surface area contributed by atoms with Crippen molar-refractivity contribution >= 4 is 61.9 Å². The van der Waals surface area contributed by atoms with E-state index in [0.717, 1.165) is 26.7 Å². The lowest BCUT2D eigenvalue weighted by atomic mass is 10.1. The van der Waals surface area contributed by atoms with Gasteiger partial charge in [-0.15, -0.1) is 16.8 Å². The van der Waals surface area contributed by atoms with E-state index in [1.807, 2.05) is 48.7 Å².